The quantitative estimate of drug-likeness (QED) is 0.920. The highest BCUT2D eigenvalue weighted by atomic mass is 32.2. The van der Waals surface area contributed by atoms with Gasteiger partial charge in [-0.1, -0.05) is 6.07 Å². The van der Waals surface area contributed by atoms with Gasteiger partial charge >= 0.3 is 0 Å². The molecule has 2 aromatic rings. The zero-order valence-corrected chi connectivity index (χ0v) is 12.4. The molecule has 1 heterocycles. The maximum absolute atomic E-state index is 13.7. The third-order valence-electron chi connectivity index (χ3n) is 2.95. The van der Waals surface area contributed by atoms with Crippen molar-refractivity contribution in [2.75, 3.05) is 7.11 Å². The highest BCUT2D eigenvalue weighted by molar-refractivity contribution is 7.89. The van der Waals surface area contributed by atoms with E-state index in [1.807, 2.05) is 0 Å². The van der Waals surface area contributed by atoms with E-state index in [1.165, 1.54) is 43.8 Å². The summed E-state index contributed by atoms with van der Waals surface area (Å²) in [5.74, 6) is -0.427. The van der Waals surface area contributed by atoms with Crippen LogP contribution in [0.5, 0.6) is 5.75 Å². The molecule has 1 unspecified atom stereocenters. The molecule has 0 saturated heterocycles. The van der Waals surface area contributed by atoms with Gasteiger partial charge in [-0.15, -0.1) is 0 Å². The van der Waals surface area contributed by atoms with Crippen molar-refractivity contribution >= 4 is 10.0 Å². The lowest BCUT2D eigenvalue weighted by molar-refractivity contribution is 0.386. The summed E-state index contributed by atoms with van der Waals surface area (Å²) >= 11 is 0. The van der Waals surface area contributed by atoms with Gasteiger partial charge in [0, 0.05) is 18.4 Å². The van der Waals surface area contributed by atoms with Crippen molar-refractivity contribution < 1.29 is 17.5 Å². The second kappa shape index (κ2) is 6.19. The van der Waals surface area contributed by atoms with Crippen LogP contribution in [0, 0.1) is 5.82 Å². The molecule has 21 heavy (non-hydrogen) atoms. The number of ether oxygens (including phenoxy) is 1. The van der Waals surface area contributed by atoms with Gasteiger partial charge in [-0.25, -0.2) is 17.5 Å². The van der Waals surface area contributed by atoms with Crippen molar-refractivity contribution in [3.8, 4) is 5.75 Å². The van der Waals surface area contributed by atoms with Gasteiger partial charge in [0.15, 0.2) is 11.6 Å². The van der Waals surface area contributed by atoms with E-state index in [2.05, 4.69) is 9.71 Å². The number of rotatable bonds is 5. The summed E-state index contributed by atoms with van der Waals surface area (Å²) in [5, 5.41) is 0. The first-order chi connectivity index (χ1) is 9.94. The molecule has 0 spiro atoms. The van der Waals surface area contributed by atoms with Gasteiger partial charge in [-0.2, -0.15) is 0 Å². The lowest BCUT2D eigenvalue weighted by atomic mass is 10.1. The Bertz CT molecular complexity index is 720. The third kappa shape index (κ3) is 3.56. The number of halogens is 1. The fraction of sp³-hybridized carbons (Fsp3) is 0.214. The Morgan fingerprint density at radius 3 is 2.67 bits per heavy atom. The first kappa shape index (κ1) is 15.4. The Labute approximate surface area is 122 Å². The first-order valence-corrected chi connectivity index (χ1v) is 7.68. The molecule has 5 nitrogen and oxygen atoms in total. The molecule has 1 N–H and O–H groups in total. The molecule has 2 rings (SSSR count). The second-order valence-electron chi connectivity index (χ2n) is 4.43. The third-order valence-corrected chi connectivity index (χ3v) is 4.48. The van der Waals surface area contributed by atoms with E-state index < -0.39 is 21.9 Å². The summed E-state index contributed by atoms with van der Waals surface area (Å²) in [7, 11) is -2.33. The normalized spacial score (nSPS) is 12.9. The number of hydrogen-bond acceptors (Lipinski definition) is 4. The Kier molecular flexibility index (Phi) is 4.54. The average Bonchev–Trinajstić information content (AvgIpc) is 2.47. The number of sulfonamides is 1. The molecule has 112 valence electrons. The Balaban J connectivity index is 2.22. The second-order valence-corrected chi connectivity index (χ2v) is 6.14. The summed E-state index contributed by atoms with van der Waals surface area (Å²) in [6.45, 7) is 1.63. The Morgan fingerprint density at radius 1 is 1.33 bits per heavy atom. The number of methoxy groups -OCH3 is 1. The van der Waals surface area contributed by atoms with E-state index >= 15 is 0 Å². The molecular formula is C14H15FN2O3S. The fourth-order valence-corrected chi connectivity index (χ4v) is 3.02. The van der Waals surface area contributed by atoms with E-state index in [0.717, 1.165) is 0 Å². The molecule has 7 heteroatoms. The van der Waals surface area contributed by atoms with Crippen molar-refractivity contribution in [3.63, 3.8) is 0 Å². The number of hydrogen-bond donors (Lipinski definition) is 1. The smallest absolute Gasteiger partial charge is 0.242 e. The Morgan fingerprint density at radius 2 is 2.10 bits per heavy atom. The van der Waals surface area contributed by atoms with Gasteiger partial charge in [0.1, 0.15) is 4.90 Å². The van der Waals surface area contributed by atoms with Gasteiger partial charge in [0.05, 0.1) is 7.11 Å². The van der Waals surface area contributed by atoms with Gasteiger partial charge in [0.2, 0.25) is 10.0 Å². The molecule has 0 fully saturated rings. The molecule has 0 aliphatic carbocycles. The maximum Gasteiger partial charge on any atom is 0.242 e. The zero-order chi connectivity index (χ0) is 15.5. The van der Waals surface area contributed by atoms with Crippen LogP contribution in [-0.4, -0.2) is 20.5 Å². The van der Waals surface area contributed by atoms with Crippen molar-refractivity contribution in [3.05, 3.63) is 54.1 Å². The molecule has 0 saturated carbocycles. The van der Waals surface area contributed by atoms with Gasteiger partial charge < -0.3 is 4.74 Å². The summed E-state index contributed by atoms with van der Waals surface area (Å²) in [6, 6.07) is 6.70. The SMILES string of the molecule is COc1ccc(C(C)NS(=O)(=O)c2cccnc2)cc1F. The summed E-state index contributed by atoms with van der Waals surface area (Å²) < 4.78 is 45.3. The standard InChI is InChI=1S/C14H15FN2O3S/c1-10(11-5-6-14(20-2)13(15)8-11)17-21(18,19)12-4-3-7-16-9-12/h3-10,17H,1-2H3. The van der Waals surface area contributed by atoms with E-state index in [4.69, 9.17) is 4.74 Å². The van der Waals surface area contributed by atoms with Crippen molar-refractivity contribution in [2.24, 2.45) is 0 Å². The van der Waals surface area contributed by atoms with Crippen LogP contribution in [0.3, 0.4) is 0 Å². The largest absolute Gasteiger partial charge is 0.494 e. The highest BCUT2D eigenvalue weighted by Crippen LogP contribution is 2.22. The highest BCUT2D eigenvalue weighted by Gasteiger charge is 2.19. The molecule has 0 aliphatic heterocycles. The zero-order valence-electron chi connectivity index (χ0n) is 11.6. The maximum atomic E-state index is 13.7. The van der Waals surface area contributed by atoms with Crippen LogP contribution in [0.1, 0.15) is 18.5 Å². The van der Waals surface area contributed by atoms with Crippen LogP contribution < -0.4 is 9.46 Å². The lowest BCUT2D eigenvalue weighted by Gasteiger charge is -2.15. The van der Waals surface area contributed by atoms with Crippen LogP contribution in [0.15, 0.2) is 47.6 Å². The predicted octanol–water partition coefficient (Wildman–Crippen LogP) is 2.27. The predicted molar refractivity (Wildman–Crippen MR) is 75.9 cm³/mol. The molecule has 1 aromatic heterocycles. The van der Waals surface area contributed by atoms with Crippen molar-refractivity contribution in [1.29, 1.82) is 0 Å². The molecule has 0 radical (unpaired) electrons. The number of benzene rings is 1. The number of aromatic nitrogens is 1. The molecular weight excluding hydrogens is 295 g/mol. The van der Waals surface area contributed by atoms with E-state index in [-0.39, 0.29) is 10.6 Å². The van der Waals surface area contributed by atoms with Crippen LogP contribution in [0.25, 0.3) is 0 Å². The minimum absolute atomic E-state index is 0.0610. The van der Waals surface area contributed by atoms with E-state index in [0.29, 0.717) is 5.56 Å². The molecule has 0 bridgehead atoms. The first-order valence-electron chi connectivity index (χ1n) is 6.20. The minimum atomic E-state index is -3.70. The molecule has 0 aliphatic rings. The summed E-state index contributed by atoms with van der Waals surface area (Å²) in [4.78, 5) is 3.83. The topological polar surface area (TPSA) is 68.3 Å². The Hall–Kier alpha value is -1.99. The van der Waals surface area contributed by atoms with Crippen LogP contribution in [0.2, 0.25) is 0 Å². The number of nitrogens with zero attached hydrogens (tertiary/aromatic N) is 1. The minimum Gasteiger partial charge on any atom is -0.494 e. The van der Waals surface area contributed by atoms with Crippen LogP contribution in [0.4, 0.5) is 4.39 Å². The summed E-state index contributed by atoms with van der Waals surface area (Å²) in [6.07, 6.45) is 2.74. The van der Waals surface area contributed by atoms with Crippen molar-refractivity contribution in [2.45, 2.75) is 17.9 Å². The lowest BCUT2D eigenvalue weighted by Crippen LogP contribution is -2.27. The molecule has 0 amide bonds. The molecule has 1 atom stereocenters. The number of pyridine rings is 1. The average molecular weight is 310 g/mol. The fourth-order valence-electron chi connectivity index (χ4n) is 1.83. The monoisotopic (exact) mass is 310 g/mol. The van der Waals surface area contributed by atoms with E-state index in [1.54, 1.807) is 13.0 Å². The molecule has 1 aromatic carbocycles. The van der Waals surface area contributed by atoms with Gasteiger partial charge in [0.25, 0.3) is 0 Å². The summed E-state index contributed by atoms with van der Waals surface area (Å²) in [5.41, 5.74) is 0.501. The van der Waals surface area contributed by atoms with E-state index in [9.17, 15) is 12.8 Å². The van der Waals surface area contributed by atoms with Gasteiger partial charge in [-0.05, 0) is 36.8 Å². The number of nitrogens with one attached hydrogen (secondary N) is 1. The van der Waals surface area contributed by atoms with Crippen LogP contribution >= 0.6 is 0 Å². The van der Waals surface area contributed by atoms with Crippen molar-refractivity contribution in [1.82, 2.24) is 9.71 Å². The van der Waals surface area contributed by atoms with Gasteiger partial charge in [-0.3, -0.25) is 4.98 Å². The van der Waals surface area contributed by atoms with Crippen LogP contribution in [-0.2, 0) is 10.0 Å².